The van der Waals surface area contributed by atoms with Gasteiger partial charge in [0.2, 0.25) is 0 Å². The number of carbonyl (C=O) groups excluding carboxylic acids is 1. The number of aromatic nitrogens is 1. The minimum atomic E-state index is 0.110. The molecule has 3 rings (SSSR count). The maximum absolute atomic E-state index is 12.8. The fourth-order valence-corrected chi connectivity index (χ4v) is 3.61. The van der Waals surface area contributed by atoms with Crippen LogP contribution in [0.3, 0.4) is 0 Å². The van der Waals surface area contributed by atoms with Gasteiger partial charge in [-0.2, -0.15) is 0 Å². The van der Waals surface area contributed by atoms with E-state index in [2.05, 4.69) is 29.4 Å². The summed E-state index contributed by atoms with van der Waals surface area (Å²) in [5, 5.41) is 3.32. The summed E-state index contributed by atoms with van der Waals surface area (Å²) >= 11 is 0. The van der Waals surface area contributed by atoms with Crippen molar-refractivity contribution >= 4 is 11.7 Å². The van der Waals surface area contributed by atoms with Gasteiger partial charge < -0.3 is 15.0 Å². The zero-order chi connectivity index (χ0) is 19.1. The number of nitrogens with one attached hydrogen (secondary N) is 1. The molecule has 1 unspecified atom stereocenters. The molecule has 5 heteroatoms. The van der Waals surface area contributed by atoms with Crippen LogP contribution in [0.4, 0.5) is 5.82 Å². The molecular weight excluding hydrogens is 338 g/mol. The number of ether oxygens (including phenoxy) is 1. The fraction of sp³-hybridized carbons (Fsp3) is 0.455. The summed E-state index contributed by atoms with van der Waals surface area (Å²) in [6.45, 7) is 3.81. The first-order valence-corrected chi connectivity index (χ1v) is 9.85. The molecule has 1 atom stereocenters. The van der Waals surface area contributed by atoms with Crippen LogP contribution < -0.4 is 10.1 Å². The summed E-state index contributed by atoms with van der Waals surface area (Å²) < 4.78 is 5.17. The Morgan fingerprint density at radius 2 is 2.04 bits per heavy atom. The maximum atomic E-state index is 12.8. The number of pyridine rings is 1. The summed E-state index contributed by atoms with van der Waals surface area (Å²) in [7, 11) is 1.67. The predicted molar refractivity (Wildman–Crippen MR) is 108 cm³/mol. The van der Waals surface area contributed by atoms with E-state index in [0.29, 0.717) is 11.6 Å². The van der Waals surface area contributed by atoms with Crippen LogP contribution in [0.25, 0.3) is 0 Å². The van der Waals surface area contributed by atoms with Crippen molar-refractivity contribution in [3.05, 3.63) is 53.7 Å². The third kappa shape index (κ3) is 5.00. The van der Waals surface area contributed by atoms with E-state index in [4.69, 9.17) is 4.74 Å². The number of amides is 1. The van der Waals surface area contributed by atoms with Crippen molar-refractivity contribution in [1.29, 1.82) is 0 Å². The van der Waals surface area contributed by atoms with E-state index >= 15 is 0 Å². The molecule has 0 saturated carbocycles. The molecular formula is C22H29N3O2. The molecule has 5 nitrogen and oxygen atoms in total. The van der Waals surface area contributed by atoms with Crippen molar-refractivity contribution in [3.8, 4) is 5.75 Å². The smallest absolute Gasteiger partial charge is 0.255 e. The Kier molecular flexibility index (Phi) is 6.69. The van der Waals surface area contributed by atoms with Gasteiger partial charge in [-0.15, -0.1) is 0 Å². The summed E-state index contributed by atoms with van der Waals surface area (Å²) in [5.41, 5.74) is 1.92. The van der Waals surface area contributed by atoms with Gasteiger partial charge in [0.05, 0.1) is 12.7 Å². The van der Waals surface area contributed by atoms with E-state index in [-0.39, 0.29) is 5.91 Å². The summed E-state index contributed by atoms with van der Waals surface area (Å²) in [5.74, 6) is 1.78. The number of benzene rings is 1. The summed E-state index contributed by atoms with van der Waals surface area (Å²) in [6, 6.07) is 12.2. The van der Waals surface area contributed by atoms with E-state index in [1.54, 1.807) is 13.3 Å². The molecule has 1 aliphatic rings. The lowest BCUT2D eigenvalue weighted by atomic mass is 9.99. The molecule has 0 bridgehead atoms. The van der Waals surface area contributed by atoms with Crippen LogP contribution in [0, 0.1) is 0 Å². The molecule has 1 saturated heterocycles. The standard InChI is InChI=1S/C22H29N3O2/c1-3-19-6-4-5-15-25(19)22(26)18-9-12-21(24-16-18)23-14-13-17-7-10-20(27-2)11-8-17/h7-12,16,19H,3-6,13-15H2,1-2H3,(H,23,24). The number of nitrogens with zero attached hydrogens (tertiary/aromatic N) is 2. The molecule has 1 aromatic carbocycles. The van der Waals surface area contributed by atoms with Crippen LogP contribution in [0.1, 0.15) is 48.5 Å². The molecule has 1 aromatic heterocycles. The number of anilines is 1. The Balaban J connectivity index is 1.52. The van der Waals surface area contributed by atoms with Gasteiger partial charge >= 0.3 is 0 Å². The number of piperidine rings is 1. The number of likely N-dealkylation sites (tertiary alicyclic amines) is 1. The third-order valence-corrected chi connectivity index (χ3v) is 5.25. The van der Waals surface area contributed by atoms with Gasteiger partial charge in [-0.3, -0.25) is 4.79 Å². The number of hydrogen-bond acceptors (Lipinski definition) is 4. The average molecular weight is 367 g/mol. The van der Waals surface area contributed by atoms with E-state index in [1.807, 2.05) is 29.2 Å². The highest BCUT2D eigenvalue weighted by Gasteiger charge is 2.26. The van der Waals surface area contributed by atoms with Crippen LogP contribution in [0.5, 0.6) is 5.75 Å². The quantitative estimate of drug-likeness (QED) is 0.799. The normalized spacial score (nSPS) is 16.8. The molecule has 0 aliphatic carbocycles. The van der Waals surface area contributed by atoms with Gasteiger partial charge in [-0.25, -0.2) is 4.98 Å². The zero-order valence-electron chi connectivity index (χ0n) is 16.3. The topological polar surface area (TPSA) is 54.5 Å². The van der Waals surface area contributed by atoms with Crippen molar-refractivity contribution < 1.29 is 9.53 Å². The molecule has 1 fully saturated rings. The molecule has 1 aliphatic heterocycles. The van der Waals surface area contributed by atoms with Crippen LogP contribution >= 0.6 is 0 Å². The Hall–Kier alpha value is -2.56. The number of carbonyl (C=O) groups is 1. The molecule has 27 heavy (non-hydrogen) atoms. The summed E-state index contributed by atoms with van der Waals surface area (Å²) in [6.07, 6.45) is 7.04. The monoisotopic (exact) mass is 367 g/mol. The van der Waals surface area contributed by atoms with Gasteiger partial charge in [0.1, 0.15) is 11.6 Å². The first-order chi connectivity index (χ1) is 13.2. The first kappa shape index (κ1) is 19.2. The second kappa shape index (κ2) is 9.40. The Morgan fingerprint density at radius 3 is 2.70 bits per heavy atom. The highest BCUT2D eigenvalue weighted by molar-refractivity contribution is 5.94. The number of rotatable bonds is 7. The van der Waals surface area contributed by atoms with E-state index in [0.717, 1.165) is 50.3 Å². The SMILES string of the molecule is CCC1CCCCN1C(=O)c1ccc(NCCc2ccc(OC)cc2)nc1. The average Bonchev–Trinajstić information content (AvgIpc) is 2.74. The third-order valence-electron chi connectivity index (χ3n) is 5.25. The fourth-order valence-electron chi connectivity index (χ4n) is 3.61. The molecule has 0 spiro atoms. The first-order valence-electron chi connectivity index (χ1n) is 9.85. The van der Waals surface area contributed by atoms with Crippen molar-refractivity contribution in [2.45, 2.75) is 45.1 Å². The lowest BCUT2D eigenvalue weighted by Gasteiger charge is -2.35. The van der Waals surface area contributed by atoms with E-state index < -0.39 is 0 Å². The maximum Gasteiger partial charge on any atom is 0.255 e. The van der Waals surface area contributed by atoms with Gasteiger partial charge in [0, 0.05) is 25.3 Å². The van der Waals surface area contributed by atoms with Gasteiger partial charge in [-0.05, 0) is 61.9 Å². The Labute approximate surface area is 161 Å². The number of methoxy groups -OCH3 is 1. The van der Waals surface area contributed by atoms with Gasteiger partial charge in [0.25, 0.3) is 5.91 Å². The van der Waals surface area contributed by atoms with Crippen molar-refractivity contribution in [2.75, 3.05) is 25.5 Å². The second-order valence-electron chi connectivity index (χ2n) is 7.01. The molecule has 2 heterocycles. The van der Waals surface area contributed by atoms with Crippen LogP contribution in [0.2, 0.25) is 0 Å². The van der Waals surface area contributed by atoms with Crippen molar-refractivity contribution in [1.82, 2.24) is 9.88 Å². The highest BCUT2D eigenvalue weighted by atomic mass is 16.5. The van der Waals surface area contributed by atoms with Crippen molar-refractivity contribution in [3.63, 3.8) is 0 Å². The van der Waals surface area contributed by atoms with Crippen LogP contribution in [0.15, 0.2) is 42.6 Å². The lowest BCUT2D eigenvalue weighted by Crippen LogP contribution is -2.43. The highest BCUT2D eigenvalue weighted by Crippen LogP contribution is 2.22. The van der Waals surface area contributed by atoms with Crippen LogP contribution in [-0.2, 0) is 6.42 Å². The predicted octanol–water partition coefficient (Wildman–Crippen LogP) is 4.15. The molecule has 0 radical (unpaired) electrons. The largest absolute Gasteiger partial charge is 0.497 e. The lowest BCUT2D eigenvalue weighted by molar-refractivity contribution is 0.0607. The Bertz CT molecular complexity index is 728. The van der Waals surface area contributed by atoms with Crippen molar-refractivity contribution in [2.24, 2.45) is 0 Å². The molecule has 1 amide bonds. The van der Waals surface area contributed by atoms with Crippen LogP contribution in [-0.4, -0.2) is 42.0 Å². The minimum Gasteiger partial charge on any atom is -0.497 e. The second-order valence-corrected chi connectivity index (χ2v) is 7.01. The van der Waals surface area contributed by atoms with E-state index in [1.165, 1.54) is 12.0 Å². The Morgan fingerprint density at radius 1 is 1.22 bits per heavy atom. The zero-order valence-corrected chi connectivity index (χ0v) is 16.3. The van der Waals surface area contributed by atoms with Gasteiger partial charge in [-0.1, -0.05) is 19.1 Å². The van der Waals surface area contributed by atoms with E-state index in [9.17, 15) is 4.79 Å². The minimum absolute atomic E-state index is 0.110. The summed E-state index contributed by atoms with van der Waals surface area (Å²) in [4.78, 5) is 19.2. The molecule has 2 aromatic rings. The number of hydrogen-bond donors (Lipinski definition) is 1. The molecule has 144 valence electrons. The van der Waals surface area contributed by atoms with Gasteiger partial charge in [0.15, 0.2) is 0 Å². The molecule has 1 N–H and O–H groups in total.